The Balaban J connectivity index is 2.31. The number of nitrogens with zero attached hydrogens (tertiary/aromatic N) is 1. The van der Waals surface area contributed by atoms with Gasteiger partial charge in [0.15, 0.2) is 0 Å². The van der Waals surface area contributed by atoms with E-state index in [9.17, 15) is 9.90 Å². The van der Waals surface area contributed by atoms with Gasteiger partial charge in [-0.1, -0.05) is 20.8 Å². The van der Waals surface area contributed by atoms with Crippen molar-refractivity contribution in [2.24, 2.45) is 11.3 Å². The molecule has 5 nitrogen and oxygen atoms in total. The van der Waals surface area contributed by atoms with Gasteiger partial charge in [-0.3, -0.25) is 4.79 Å². The zero-order chi connectivity index (χ0) is 14.5. The minimum absolute atomic E-state index is 0.145. The summed E-state index contributed by atoms with van der Waals surface area (Å²) in [5.41, 5.74) is 0.145. The van der Waals surface area contributed by atoms with Crippen LogP contribution in [0.2, 0.25) is 0 Å². The number of aliphatic hydroxyl groups excluding tert-OH is 1. The highest BCUT2D eigenvalue weighted by atomic mass is 16.5. The second kappa shape index (κ2) is 7.22. The van der Waals surface area contributed by atoms with Crippen LogP contribution in [-0.2, 0) is 9.53 Å². The molecule has 1 rings (SSSR count). The van der Waals surface area contributed by atoms with Crippen molar-refractivity contribution in [1.82, 2.24) is 10.2 Å². The molecule has 1 saturated heterocycles. The van der Waals surface area contributed by atoms with Crippen LogP contribution >= 0.6 is 0 Å². The molecule has 5 heteroatoms. The SMILES string of the molecule is COCCNCC(O)CN1CC(C(C)(C)C)CC1=O. The number of hydrogen-bond acceptors (Lipinski definition) is 4. The predicted octanol–water partition coefficient (Wildman–Crippen LogP) is 0.478. The van der Waals surface area contributed by atoms with Crippen LogP contribution in [0.15, 0.2) is 0 Å². The number of amides is 1. The van der Waals surface area contributed by atoms with Crippen molar-refractivity contribution in [3.63, 3.8) is 0 Å². The van der Waals surface area contributed by atoms with Crippen LogP contribution in [0.4, 0.5) is 0 Å². The predicted molar refractivity (Wildman–Crippen MR) is 74.9 cm³/mol. The van der Waals surface area contributed by atoms with Crippen LogP contribution in [0.3, 0.4) is 0 Å². The number of rotatable bonds is 7. The first kappa shape index (κ1) is 16.4. The van der Waals surface area contributed by atoms with E-state index in [0.29, 0.717) is 38.6 Å². The molecule has 112 valence electrons. The van der Waals surface area contributed by atoms with E-state index < -0.39 is 6.10 Å². The molecule has 2 atom stereocenters. The van der Waals surface area contributed by atoms with Gasteiger partial charge in [0, 0.05) is 39.7 Å². The zero-order valence-corrected chi connectivity index (χ0v) is 12.6. The third-order valence-electron chi connectivity index (χ3n) is 3.73. The molecule has 2 N–H and O–H groups in total. The molecular weight excluding hydrogens is 244 g/mol. The number of β-amino-alcohol motifs (C(OH)–C–C–N with tert-alkyl or cyclic N) is 1. The summed E-state index contributed by atoms with van der Waals surface area (Å²) in [4.78, 5) is 13.7. The zero-order valence-electron chi connectivity index (χ0n) is 12.6. The van der Waals surface area contributed by atoms with Gasteiger partial charge in [-0.2, -0.15) is 0 Å². The van der Waals surface area contributed by atoms with Gasteiger partial charge in [0.1, 0.15) is 0 Å². The Labute approximate surface area is 116 Å². The molecule has 0 aliphatic carbocycles. The third-order valence-corrected chi connectivity index (χ3v) is 3.73. The molecule has 0 saturated carbocycles. The first-order valence-electron chi connectivity index (χ1n) is 7.00. The highest BCUT2D eigenvalue weighted by Crippen LogP contribution is 2.34. The summed E-state index contributed by atoms with van der Waals surface area (Å²) in [6.07, 6.45) is 0.0902. The number of carbonyl (C=O) groups excluding carboxylic acids is 1. The van der Waals surface area contributed by atoms with Crippen molar-refractivity contribution in [3.8, 4) is 0 Å². The summed E-state index contributed by atoms with van der Waals surface area (Å²) in [7, 11) is 1.65. The van der Waals surface area contributed by atoms with Crippen LogP contribution in [0, 0.1) is 11.3 Å². The average molecular weight is 272 g/mol. The van der Waals surface area contributed by atoms with Gasteiger partial charge in [0.25, 0.3) is 0 Å². The van der Waals surface area contributed by atoms with E-state index in [1.165, 1.54) is 0 Å². The van der Waals surface area contributed by atoms with Crippen LogP contribution in [0.5, 0.6) is 0 Å². The minimum atomic E-state index is -0.514. The average Bonchev–Trinajstić information content (AvgIpc) is 2.66. The minimum Gasteiger partial charge on any atom is -0.390 e. The Kier molecular flexibility index (Phi) is 6.23. The van der Waals surface area contributed by atoms with Crippen molar-refractivity contribution in [2.45, 2.75) is 33.3 Å². The van der Waals surface area contributed by atoms with Crippen LogP contribution in [0.1, 0.15) is 27.2 Å². The second-order valence-corrected chi connectivity index (χ2v) is 6.42. The molecule has 0 bridgehead atoms. The number of carbonyl (C=O) groups is 1. The van der Waals surface area contributed by atoms with E-state index in [-0.39, 0.29) is 11.3 Å². The van der Waals surface area contributed by atoms with Crippen LogP contribution in [0.25, 0.3) is 0 Å². The fraction of sp³-hybridized carbons (Fsp3) is 0.929. The molecule has 0 aromatic heterocycles. The summed E-state index contributed by atoms with van der Waals surface area (Å²) in [5.74, 6) is 0.546. The Bertz CT molecular complexity index is 289. The van der Waals surface area contributed by atoms with E-state index in [0.717, 1.165) is 6.54 Å². The Morgan fingerprint density at radius 3 is 2.74 bits per heavy atom. The fourth-order valence-corrected chi connectivity index (χ4v) is 2.29. The van der Waals surface area contributed by atoms with Gasteiger partial charge in [0.2, 0.25) is 5.91 Å². The lowest BCUT2D eigenvalue weighted by atomic mass is 9.80. The summed E-state index contributed by atoms with van der Waals surface area (Å²) in [5, 5.41) is 13.0. The molecule has 0 radical (unpaired) electrons. The lowest BCUT2D eigenvalue weighted by molar-refractivity contribution is -0.128. The normalized spacial score (nSPS) is 22.1. The Morgan fingerprint density at radius 2 is 2.21 bits per heavy atom. The Hall–Kier alpha value is -0.650. The molecule has 0 spiro atoms. The van der Waals surface area contributed by atoms with E-state index in [1.807, 2.05) is 0 Å². The second-order valence-electron chi connectivity index (χ2n) is 6.42. The maximum absolute atomic E-state index is 11.9. The summed E-state index contributed by atoms with van der Waals surface area (Å²) >= 11 is 0. The van der Waals surface area contributed by atoms with Gasteiger partial charge >= 0.3 is 0 Å². The maximum Gasteiger partial charge on any atom is 0.223 e. The van der Waals surface area contributed by atoms with Crippen LogP contribution < -0.4 is 5.32 Å². The quantitative estimate of drug-likeness (QED) is 0.662. The van der Waals surface area contributed by atoms with E-state index in [4.69, 9.17) is 4.74 Å². The number of hydrogen-bond donors (Lipinski definition) is 2. The molecular formula is C14H28N2O3. The number of nitrogens with one attached hydrogen (secondary N) is 1. The summed E-state index contributed by atoms with van der Waals surface area (Å²) in [6, 6.07) is 0. The monoisotopic (exact) mass is 272 g/mol. The summed E-state index contributed by atoms with van der Waals surface area (Å²) in [6.45, 7) is 9.51. The molecule has 1 heterocycles. The van der Waals surface area contributed by atoms with Crippen molar-refractivity contribution < 1.29 is 14.6 Å². The van der Waals surface area contributed by atoms with Gasteiger partial charge < -0.3 is 20.1 Å². The highest BCUT2D eigenvalue weighted by Gasteiger charge is 2.37. The first-order chi connectivity index (χ1) is 8.84. The summed E-state index contributed by atoms with van der Waals surface area (Å²) < 4.78 is 4.92. The molecule has 1 aliphatic heterocycles. The topological polar surface area (TPSA) is 61.8 Å². The van der Waals surface area contributed by atoms with Gasteiger partial charge in [0.05, 0.1) is 12.7 Å². The molecule has 0 aromatic carbocycles. The maximum atomic E-state index is 11.9. The van der Waals surface area contributed by atoms with E-state index >= 15 is 0 Å². The van der Waals surface area contributed by atoms with Crippen molar-refractivity contribution in [3.05, 3.63) is 0 Å². The molecule has 1 amide bonds. The number of ether oxygens (including phenoxy) is 1. The van der Waals surface area contributed by atoms with Gasteiger partial charge in [-0.05, 0) is 11.3 Å². The lowest BCUT2D eigenvalue weighted by Crippen LogP contribution is -2.40. The number of methoxy groups -OCH3 is 1. The van der Waals surface area contributed by atoms with Crippen molar-refractivity contribution >= 4 is 5.91 Å². The smallest absolute Gasteiger partial charge is 0.223 e. The molecule has 19 heavy (non-hydrogen) atoms. The van der Waals surface area contributed by atoms with E-state index in [2.05, 4.69) is 26.1 Å². The van der Waals surface area contributed by atoms with Gasteiger partial charge in [-0.15, -0.1) is 0 Å². The fourth-order valence-electron chi connectivity index (χ4n) is 2.29. The van der Waals surface area contributed by atoms with Gasteiger partial charge in [-0.25, -0.2) is 0 Å². The molecule has 2 unspecified atom stereocenters. The Morgan fingerprint density at radius 1 is 1.53 bits per heavy atom. The third kappa shape index (κ3) is 5.47. The van der Waals surface area contributed by atoms with Crippen molar-refractivity contribution in [2.75, 3.05) is 39.9 Å². The van der Waals surface area contributed by atoms with Crippen molar-refractivity contribution in [1.29, 1.82) is 0 Å². The molecule has 1 fully saturated rings. The number of likely N-dealkylation sites (tertiary alicyclic amines) is 1. The first-order valence-corrected chi connectivity index (χ1v) is 7.00. The molecule has 0 aromatic rings. The van der Waals surface area contributed by atoms with Crippen LogP contribution in [-0.4, -0.2) is 61.9 Å². The lowest BCUT2D eigenvalue weighted by Gasteiger charge is -2.27. The highest BCUT2D eigenvalue weighted by molar-refractivity contribution is 5.78. The van der Waals surface area contributed by atoms with E-state index in [1.54, 1.807) is 12.0 Å². The number of aliphatic hydroxyl groups is 1. The largest absolute Gasteiger partial charge is 0.390 e. The molecule has 1 aliphatic rings. The standard InChI is InChI=1S/C14H28N2O3/c1-14(2,3)11-7-13(18)16(9-11)10-12(17)8-15-5-6-19-4/h11-12,15,17H,5-10H2,1-4H3.